The highest BCUT2D eigenvalue weighted by molar-refractivity contribution is 5.77. The Hall–Kier alpha value is -1.68. The summed E-state index contributed by atoms with van der Waals surface area (Å²) in [6.07, 6.45) is 3.63. The predicted octanol–water partition coefficient (Wildman–Crippen LogP) is 1.78. The minimum atomic E-state index is -0.0154. The molecule has 0 fully saturated rings. The minimum absolute atomic E-state index is 0.0154. The highest BCUT2D eigenvalue weighted by Gasteiger charge is 2.09. The zero-order valence-corrected chi connectivity index (χ0v) is 10.9. The molecular formula is C14H19N3O. The quantitative estimate of drug-likeness (QED) is 0.873. The Labute approximate surface area is 107 Å². The molecule has 1 heterocycles. The van der Waals surface area contributed by atoms with E-state index in [1.165, 1.54) is 6.20 Å². The Balaban J connectivity index is 2.39. The fraction of sp³-hybridized carbons (Fsp3) is 0.429. The average molecular weight is 245 g/mol. The van der Waals surface area contributed by atoms with Crippen LogP contribution in [0.3, 0.4) is 0 Å². The van der Waals surface area contributed by atoms with Crippen LogP contribution in [0, 0.1) is 0 Å². The summed E-state index contributed by atoms with van der Waals surface area (Å²) in [5.74, 6) is 0. The van der Waals surface area contributed by atoms with Crippen LogP contribution < -0.4 is 10.7 Å². The number of hydrogen-bond donors (Lipinski definition) is 1. The van der Waals surface area contributed by atoms with E-state index in [9.17, 15) is 4.79 Å². The summed E-state index contributed by atoms with van der Waals surface area (Å²) in [6.45, 7) is 2.95. The molecule has 1 N–H and O–H groups in total. The third-order valence-corrected chi connectivity index (χ3v) is 3.20. The molecule has 0 aliphatic rings. The summed E-state index contributed by atoms with van der Waals surface area (Å²) in [7, 11) is 1.96. The summed E-state index contributed by atoms with van der Waals surface area (Å²) >= 11 is 0. The molecule has 1 unspecified atom stereocenters. The maximum Gasteiger partial charge on any atom is 0.207 e. The first-order valence-corrected chi connectivity index (χ1v) is 6.38. The van der Waals surface area contributed by atoms with E-state index in [0.717, 1.165) is 30.3 Å². The Morgan fingerprint density at radius 2 is 2.17 bits per heavy atom. The topological polar surface area (TPSA) is 46.9 Å². The van der Waals surface area contributed by atoms with E-state index >= 15 is 0 Å². The third kappa shape index (κ3) is 2.59. The molecule has 0 aliphatic carbocycles. The van der Waals surface area contributed by atoms with Crippen LogP contribution in [0.15, 0.2) is 35.3 Å². The van der Waals surface area contributed by atoms with Gasteiger partial charge >= 0.3 is 0 Å². The number of nitrogens with zero attached hydrogens (tertiary/aromatic N) is 2. The van der Waals surface area contributed by atoms with Gasteiger partial charge in [0.2, 0.25) is 5.43 Å². The molecule has 0 bridgehead atoms. The molecule has 96 valence electrons. The SMILES string of the molecule is CCCC(Cn1ncc(=O)c2ccccc21)NC. The van der Waals surface area contributed by atoms with Gasteiger partial charge in [-0.05, 0) is 25.6 Å². The number of fused-ring (bicyclic) bond motifs is 1. The third-order valence-electron chi connectivity index (χ3n) is 3.20. The zero-order chi connectivity index (χ0) is 13.0. The van der Waals surface area contributed by atoms with Crippen LogP contribution >= 0.6 is 0 Å². The molecule has 0 saturated carbocycles. The lowest BCUT2D eigenvalue weighted by Crippen LogP contribution is -2.31. The van der Waals surface area contributed by atoms with E-state index in [1.807, 2.05) is 36.0 Å². The average Bonchev–Trinajstić information content (AvgIpc) is 2.41. The van der Waals surface area contributed by atoms with Crippen molar-refractivity contribution in [3.63, 3.8) is 0 Å². The molecule has 4 heteroatoms. The van der Waals surface area contributed by atoms with Crippen LogP contribution in [0.25, 0.3) is 10.9 Å². The van der Waals surface area contributed by atoms with E-state index < -0.39 is 0 Å². The second kappa shape index (κ2) is 5.78. The molecule has 2 rings (SSSR count). The molecule has 1 aromatic carbocycles. The molecule has 18 heavy (non-hydrogen) atoms. The fourth-order valence-corrected chi connectivity index (χ4v) is 2.19. The van der Waals surface area contributed by atoms with E-state index in [1.54, 1.807) is 0 Å². The molecule has 1 aromatic heterocycles. The van der Waals surface area contributed by atoms with Gasteiger partial charge in [0.1, 0.15) is 0 Å². The van der Waals surface area contributed by atoms with Crippen molar-refractivity contribution in [3.8, 4) is 0 Å². The van der Waals surface area contributed by atoms with Gasteiger partial charge in [-0.2, -0.15) is 5.10 Å². The standard InChI is InChI=1S/C14H19N3O/c1-3-6-11(15-2)10-17-13-8-5-4-7-12(13)14(18)9-16-17/h4-5,7-9,11,15H,3,6,10H2,1-2H3. The Morgan fingerprint density at radius 1 is 1.39 bits per heavy atom. The van der Waals surface area contributed by atoms with Crippen molar-refractivity contribution >= 4 is 10.9 Å². The van der Waals surface area contributed by atoms with Gasteiger partial charge in [0.25, 0.3) is 0 Å². The van der Waals surface area contributed by atoms with Gasteiger partial charge in [0.15, 0.2) is 0 Å². The highest BCUT2D eigenvalue weighted by atomic mass is 16.1. The summed E-state index contributed by atoms with van der Waals surface area (Å²) in [6, 6.07) is 8.00. The van der Waals surface area contributed by atoms with Gasteiger partial charge in [0.05, 0.1) is 18.3 Å². The van der Waals surface area contributed by atoms with Crippen molar-refractivity contribution in [3.05, 3.63) is 40.7 Å². The molecule has 2 aromatic rings. The van der Waals surface area contributed by atoms with Crippen molar-refractivity contribution in [1.29, 1.82) is 0 Å². The fourth-order valence-electron chi connectivity index (χ4n) is 2.19. The number of benzene rings is 1. The van der Waals surface area contributed by atoms with Gasteiger partial charge in [-0.3, -0.25) is 9.48 Å². The summed E-state index contributed by atoms with van der Waals surface area (Å²) in [5.41, 5.74) is 0.889. The van der Waals surface area contributed by atoms with Crippen LogP contribution in [-0.2, 0) is 6.54 Å². The molecule has 1 atom stereocenters. The maximum atomic E-state index is 11.7. The van der Waals surface area contributed by atoms with Crippen LogP contribution in [0.5, 0.6) is 0 Å². The predicted molar refractivity (Wildman–Crippen MR) is 73.8 cm³/mol. The van der Waals surface area contributed by atoms with Crippen molar-refractivity contribution < 1.29 is 0 Å². The summed E-state index contributed by atoms with van der Waals surface area (Å²) < 4.78 is 1.91. The normalized spacial score (nSPS) is 12.8. The van der Waals surface area contributed by atoms with Crippen molar-refractivity contribution in [2.24, 2.45) is 0 Å². The van der Waals surface area contributed by atoms with E-state index in [-0.39, 0.29) is 5.43 Å². The van der Waals surface area contributed by atoms with Crippen molar-refractivity contribution in [2.75, 3.05) is 7.05 Å². The number of nitrogens with one attached hydrogen (secondary N) is 1. The minimum Gasteiger partial charge on any atom is -0.315 e. The molecule has 0 spiro atoms. The number of hydrogen-bond acceptors (Lipinski definition) is 3. The van der Waals surface area contributed by atoms with Crippen LogP contribution in [0.4, 0.5) is 0 Å². The van der Waals surface area contributed by atoms with E-state index in [2.05, 4.69) is 17.3 Å². The Kier molecular flexibility index (Phi) is 4.10. The van der Waals surface area contributed by atoms with E-state index in [4.69, 9.17) is 0 Å². The van der Waals surface area contributed by atoms with Crippen LogP contribution in [0.1, 0.15) is 19.8 Å². The van der Waals surface area contributed by atoms with E-state index in [0.29, 0.717) is 6.04 Å². The van der Waals surface area contributed by atoms with Crippen LogP contribution in [0.2, 0.25) is 0 Å². The Bertz CT molecular complexity index is 577. The largest absolute Gasteiger partial charge is 0.315 e. The lowest BCUT2D eigenvalue weighted by molar-refractivity contribution is 0.430. The number of likely N-dealkylation sites (N-methyl/N-ethyl adjacent to an activating group) is 1. The monoisotopic (exact) mass is 245 g/mol. The highest BCUT2D eigenvalue weighted by Crippen LogP contribution is 2.09. The lowest BCUT2D eigenvalue weighted by atomic mass is 10.1. The van der Waals surface area contributed by atoms with Crippen LogP contribution in [-0.4, -0.2) is 22.9 Å². The zero-order valence-electron chi connectivity index (χ0n) is 10.9. The molecule has 0 saturated heterocycles. The summed E-state index contributed by atoms with van der Waals surface area (Å²) in [5, 5.41) is 8.27. The van der Waals surface area contributed by atoms with Crippen molar-refractivity contribution in [2.45, 2.75) is 32.4 Å². The molecule has 0 amide bonds. The molecule has 4 nitrogen and oxygen atoms in total. The van der Waals surface area contributed by atoms with Gasteiger partial charge in [-0.1, -0.05) is 25.5 Å². The first-order chi connectivity index (χ1) is 8.76. The molecular weight excluding hydrogens is 226 g/mol. The number of aromatic nitrogens is 2. The first kappa shape index (κ1) is 12.8. The van der Waals surface area contributed by atoms with Gasteiger partial charge in [0, 0.05) is 11.4 Å². The number of para-hydroxylation sites is 1. The van der Waals surface area contributed by atoms with Gasteiger partial charge in [-0.25, -0.2) is 0 Å². The van der Waals surface area contributed by atoms with Gasteiger partial charge in [-0.15, -0.1) is 0 Å². The lowest BCUT2D eigenvalue weighted by Gasteiger charge is -2.17. The second-order valence-corrected chi connectivity index (χ2v) is 4.48. The smallest absolute Gasteiger partial charge is 0.207 e. The first-order valence-electron chi connectivity index (χ1n) is 6.38. The maximum absolute atomic E-state index is 11.7. The van der Waals surface area contributed by atoms with Gasteiger partial charge < -0.3 is 5.32 Å². The summed E-state index contributed by atoms with van der Waals surface area (Å²) in [4.78, 5) is 11.7. The number of rotatable bonds is 5. The molecule has 0 aliphatic heterocycles. The van der Waals surface area contributed by atoms with Crippen molar-refractivity contribution in [1.82, 2.24) is 15.1 Å². The second-order valence-electron chi connectivity index (χ2n) is 4.48. The molecule has 0 radical (unpaired) electrons. The Morgan fingerprint density at radius 3 is 2.89 bits per heavy atom.